The molecule has 2 rings (SSSR count). The van der Waals surface area contributed by atoms with Crippen LogP contribution in [0.3, 0.4) is 0 Å². The van der Waals surface area contributed by atoms with Crippen molar-refractivity contribution in [2.45, 2.75) is 25.1 Å². The minimum atomic E-state index is -4.74. The van der Waals surface area contributed by atoms with Crippen LogP contribution in [0.25, 0.3) is 0 Å². The number of carbonyl (C=O) groups is 2. The van der Waals surface area contributed by atoms with E-state index < -0.39 is 47.4 Å². The molecule has 0 saturated carbocycles. The first-order chi connectivity index (χ1) is 13.2. The molecule has 0 aromatic heterocycles. The lowest BCUT2D eigenvalue weighted by molar-refractivity contribution is -0.384. The smallest absolute Gasteiger partial charge is 0.416 e. The number of hydrogen-bond donors (Lipinski definition) is 2. The summed E-state index contributed by atoms with van der Waals surface area (Å²) >= 11 is 0. The molecule has 0 unspecified atom stereocenters. The van der Waals surface area contributed by atoms with Gasteiger partial charge in [0.1, 0.15) is 12.2 Å². The highest BCUT2D eigenvalue weighted by molar-refractivity contribution is 5.82. The van der Waals surface area contributed by atoms with Gasteiger partial charge in [-0.2, -0.15) is 13.2 Å². The summed E-state index contributed by atoms with van der Waals surface area (Å²) in [5, 5.41) is 15.8. The third kappa shape index (κ3) is 6.37. The van der Waals surface area contributed by atoms with Crippen LogP contribution in [0.5, 0.6) is 0 Å². The Balaban J connectivity index is 1.81. The van der Waals surface area contributed by atoms with Gasteiger partial charge in [-0.25, -0.2) is 0 Å². The number of anilines is 1. The molecule has 28 heavy (non-hydrogen) atoms. The highest BCUT2D eigenvalue weighted by Crippen LogP contribution is 2.34. The predicted molar refractivity (Wildman–Crippen MR) is 89.5 cm³/mol. The van der Waals surface area contributed by atoms with Crippen molar-refractivity contribution < 1.29 is 37.2 Å². The number of nitro benzene ring substituents is 1. The molecule has 0 aliphatic carbocycles. The summed E-state index contributed by atoms with van der Waals surface area (Å²) < 4.78 is 48.0. The molecular weight excluding hydrogens is 387 g/mol. The van der Waals surface area contributed by atoms with Crippen molar-refractivity contribution >= 4 is 23.3 Å². The zero-order valence-electron chi connectivity index (χ0n) is 14.6. The number of nitrogens with one attached hydrogen (secondary N) is 2. The number of amides is 1. The normalized spacial score (nSPS) is 16.5. The molecule has 1 fully saturated rings. The van der Waals surface area contributed by atoms with E-state index in [9.17, 15) is 32.9 Å². The maximum atomic E-state index is 12.7. The third-order valence-electron chi connectivity index (χ3n) is 3.86. The Kier molecular flexibility index (Phi) is 7.15. The minimum absolute atomic E-state index is 0.0680. The number of alkyl halides is 3. The number of rotatable bonds is 8. The second-order valence-electron chi connectivity index (χ2n) is 5.94. The van der Waals surface area contributed by atoms with Crippen LogP contribution in [0.4, 0.5) is 24.5 Å². The Labute approximate surface area is 157 Å². The average Bonchev–Trinajstić information content (AvgIpc) is 3.15. The molecule has 1 aromatic rings. The van der Waals surface area contributed by atoms with Gasteiger partial charge in [0.15, 0.2) is 6.61 Å². The van der Waals surface area contributed by atoms with Gasteiger partial charge in [-0.15, -0.1) is 0 Å². The van der Waals surface area contributed by atoms with Gasteiger partial charge in [0.05, 0.1) is 16.6 Å². The van der Waals surface area contributed by atoms with Gasteiger partial charge in [0, 0.05) is 19.2 Å². The zero-order chi connectivity index (χ0) is 20.7. The summed E-state index contributed by atoms with van der Waals surface area (Å²) in [6, 6.07) is 1.87. The lowest BCUT2D eigenvalue weighted by Crippen LogP contribution is -2.35. The summed E-state index contributed by atoms with van der Waals surface area (Å²) in [4.78, 5) is 33.2. The highest BCUT2D eigenvalue weighted by atomic mass is 19.4. The molecule has 1 aromatic carbocycles. The molecule has 0 radical (unpaired) electrons. The van der Waals surface area contributed by atoms with Crippen molar-refractivity contribution in [2.75, 3.05) is 31.6 Å². The standard InChI is InChI=1S/C16H18F3N3O6/c17-16(18,19)10-3-4-12(13(6-10)22(25)26)20-8-15(24)28-9-14(23)21-7-11-2-1-5-27-11/h3-4,6,11,20H,1-2,5,7-9H2,(H,21,23)/t11-/m1/s1. The van der Waals surface area contributed by atoms with Gasteiger partial charge in [0.2, 0.25) is 0 Å². The van der Waals surface area contributed by atoms with E-state index >= 15 is 0 Å². The number of ether oxygens (including phenoxy) is 2. The fourth-order valence-corrected chi connectivity index (χ4v) is 2.46. The summed E-state index contributed by atoms with van der Waals surface area (Å²) in [7, 11) is 0. The number of carbonyl (C=O) groups excluding carboxylic acids is 2. The molecule has 12 heteroatoms. The van der Waals surface area contributed by atoms with Crippen LogP contribution >= 0.6 is 0 Å². The summed E-state index contributed by atoms with van der Waals surface area (Å²) in [5.74, 6) is -1.44. The number of benzene rings is 1. The van der Waals surface area contributed by atoms with Gasteiger partial charge >= 0.3 is 12.1 Å². The largest absolute Gasteiger partial charge is 0.454 e. The van der Waals surface area contributed by atoms with E-state index in [1.807, 2.05) is 0 Å². The molecule has 1 aliphatic heterocycles. The number of halogens is 3. The van der Waals surface area contributed by atoms with E-state index in [4.69, 9.17) is 9.47 Å². The Morgan fingerprint density at radius 1 is 1.36 bits per heavy atom. The fraction of sp³-hybridized carbons (Fsp3) is 0.500. The van der Waals surface area contributed by atoms with Crippen molar-refractivity contribution in [1.29, 1.82) is 0 Å². The van der Waals surface area contributed by atoms with Crippen molar-refractivity contribution in [3.63, 3.8) is 0 Å². The van der Waals surface area contributed by atoms with Crippen LogP contribution in [-0.4, -0.2) is 49.2 Å². The molecule has 1 atom stereocenters. The summed E-state index contributed by atoms with van der Waals surface area (Å²) in [5.41, 5.74) is -2.30. The fourth-order valence-electron chi connectivity index (χ4n) is 2.46. The van der Waals surface area contributed by atoms with Crippen LogP contribution in [-0.2, 0) is 25.2 Å². The first-order valence-corrected chi connectivity index (χ1v) is 8.30. The van der Waals surface area contributed by atoms with Crippen molar-refractivity contribution in [2.24, 2.45) is 0 Å². The third-order valence-corrected chi connectivity index (χ3v) is 3.86. The Morgan fingerprint density at radius 2 is 2.11 bits per heavy atom. The Morgan fingerprint density at radius 3 is 2.71 bits per heavy atom. The molecule has 1 heterocycles. The van der Waals surface area contributed by atoms with Crippen molar-refractivity contribution in [3.05, 3.63) is 33.9 Å². The topological polar surface area (TPSA) is 120 Å². The molecule has 0 bridgehead atoms. The molecule has 2 N–H and O–H groups in total. The highest BCUT2D eigenvalue weighted by Gasteiger charge is 2.33. The maximum Gasteiger partial charge on any atom is 0.416 e. The lowest BCUT2D eigenvalue weighted by atomic mass is 10.1. The van der Waals surface area contributed by atoms with E-state index in [1.54, 1.807) is 0 Å². The maximum absolute atomic E-state index is 12.7. The van der Waals surface area contributed by atoms with Crippen molar-refractivity contribution in [1.82, 2.24) is 5.32 Å². The van der Waals surface area contributed by atoms with Gasteiger partial charge < -0.3 is 20.1 Å². The van der Waals surface area contributed by atoms with Gasteiger partial charge in [-0.3, -0.25) is 19.7 Å². The second kappa shape index (κ2) is 9.35. The first-order valence-electron chi connectivity index (χ1n) is 8.30. The predicted octanol–water partition coefficient (Wildman–Crippen LogP) is 1.86. The first kappa shape index (κ1) is 21.4. The SMILES string of the molecule is O=C(COC(=O)CNc1ccc(C(F)(F)F)cc1[N+](=O)[O-])NC[C@H]1CCCO1. The molecular formula is C16H18F3N3O6. The lowest BCUT2D eigenvalue weighted by Gasteiger charge is -2.12. The molecule has 1 saturated heterocycles. The molecule has 1 amide bonds. The average molecular weight is 405 g/mol. The van der Waals surface area contributed by atoms with Crippen LogP contribution in [0.2, 0.25) is 0 Å². The zero-order valence-corrected chi connectivity index (χ0v) is 14.6. The van der Waals surface area contributed by atoms with Gasteiger partial charge in [-0.1, -0.05) is 0 Å². The summed E-state index contributed by atoms with van der Waals surface area (Å²) in [6.45, 7) is -0.183. The monoisotopic (exact) mass is 405 g/mol. The quantitative estimate of drug-likeness (QED) is 0.385. The van der Waals surface area contributed by atoms with Crippen LogP contribution in [0, 0.1) is 10.1 Å². The number of nitrogens with zero attached hydrogens (tertiary/aromatic N) is 1. The van der Waals surface area contributed by atoms with E-state index in [0.29, 0.717) is 25.3 Å². The molecule has 0 spiro atoms. The van der Waals surface area contributed by atoms with Crippen molar-refractivity contribution in [3.8, 4) is 0 Å². The van der Waals surface area contributed by atoms with E-state index in [2.05, 4.69) is 10.6 Å². The minimum Gasteiger partial charge on any atom is -0.454 e. The van der Waals surface area contributed by atoms with E-state index in [1.165, 1.54) is 0 Å². The molecule has 1 aliphatic rings. The van der Waals surface area contributed by atoms with E-state index in [-0.39, 0.29) is 11.8 Å². The second-order valence-corrected chi connectivity index (χ2v) is 5.94. The molecule has 154 valence electrons. The number of esters is 1. The number of hydrogen-bond acceptors (Lipinski definition) is 7. The summed E-state index contributed by atoms with van der Waals surface area (Å²) in [6.07, 6.45) is -3.06. The molecule has 9 nitrogen and oxygen atoms in total. The van der Waals surface area contributed by atoms with Gasteiger partial charge in [-0.05, 0) is 25.0 Å². The van der Waals surface area contributed by atoms with Crippen LogP contribution < -0.4 is 10.6 Å². The van der Waals surface area contributed by atoms with Gasteiger partial charge in [0.25, 0.3) is 11.6 Å². The number of nitro groups is 1. The van der Waals surface area contributed by atoms with Crippen LogP contribution in [0.15, 0.2) is 18.2 Å². The Bertz CT molecular complexity index is 735. The van der Waals surface area contributed by atoms with Crippen LogP contribution in [0.1, 0.15) is 18.4 Å². The Hall–Kier alpha value is -2.89. The van der Waals surface area contributed by atoms with E-state index in [0.717, 1.165) is 18.9 Å².